The molecule has 0 radical (unpaired) electrons. The van der Waals surface area contributed by atoms with Gasteiger partial charge in [0.1, 0.15) is 0 Å². The monoisotopic (exact) mass is 197 g/mol. The van der Waals surface area contributed by atoms with Crippen LogP contribution in [0.4, 0.5) is 4.79 Å². The second-order valence-corrected chi connectivity index (χ2v) is 3.56. The standard InChI is InChI=1S/C9H15N3O2/c10-3-6-12-4-1-8(2-5-12)7-11-9(13)14/h8,11H,1-2,4-7H2,(H,13,14). The first-order chi connectivity index (χ1) is 6.72. The maximum absolute atomic E-state index is 10.2. The molecule has 14 heavy (non-hydrogen) atoms. The van der Waals surface area contributed by atoms with Gasteiger partial charge in [0, 0.05) is 6.54 Å². The first-order valence-electron chi connectivity index (χ1n) is 4.78. The Bertz CT molecular complexity index is 229. The second kappa shape index (κ2) is 5.45. The molecular formula is C9H15N3O2. The van der Waals surface area contributed by atoms with Crippen molar-refractivity contribution in [2.75, 3.05) is 26.2 Å². The Morgan fingerprint density at radius 1 is 1.57 bits per heavy atom. The third kappa shape index (κ3) is 3.62. The van der Waals surface area contributed by atoms with Crippen molar-refractivity contribution in [3.8, 4) is 6.07 Å². The molecule has 0 atom stereocenters. The predicted molar refractivity (Wildman–Crippen MR) is 50.8 cm³/mol. The Labute approximate surface area is 83.3 Å². The van der Waals surface area contributed by atoms with Crippen LogP contribution >= 0.6 is 0 Å². The molecule has 1 heterocycles. The molecule has 1 aliphatic rings. The number of piperidine rings is 1. The fourth-order valence-electron chi connectivity index (χ4n) is 1.68. The van der Waals surface area contributed by atoms with Gasteiger partial charge >= 0.3 is 6.09 Å². The van der Waals surface area contributed by atoms with E-state index in [9.17, 15) is 4.79 Å². The van der Waals surface area contributed by atoms with Crippen molar-refractivity contribution in [1.29, 1.82) is 5.26 Å². The van der Waals surface area contributed by atoms with Crippen LogP contribution in [-0.2, 0) is 0 Å². The minimum atomic E-state index is -0.954. The minimum Gasteiger partial charge on any atom is -0.465 e. The van der Waals surface area contributed by atoms with Crippen molar-refractivity contribution < 1.29 is 9.90 Å². The van der Waals surface area contributed by atoms with Gasteiger partial charge in [0.25, 0.3) is 0 Å². The van der Waals surface area contributed by atoms with Crippen LogP contribution < -0.4 is 5.32 Å². The largest absolute Gasteiger partial charge is 0.465 e. The summed E-state index contributed by atoms with van der Waals surface area (Å²) in [7, 11) is 0. The van der Waals surface area contributed by atoms with Crippen molar-refractivity contribution in [3.05, 3.63) is 0 Å². The lowest BCUT2D eigenvalue weighted by atomic mass is 9.97. The molecule has 0 bridgehead atoms. The Morgan fingerprint density at radius 2 is 2.21 bits per heavy atom. The van der Waals surface area contributed by atoms with Crippen LogP contribution in [0.1, 0.15) is 12.8 Å². The zero-order valence-electron chi connectivity index (χ0n) is 8.07. The molecule has 1 amide bonds. The van der Waals surface area contributed by atoms with Gasteiger partial charge in [-0.3, -0.25) is 4.90 Å². The summed E-state index contributed by atoms with van der Waals surface area (Å²) >= 11 is 0. The zero-order chi connectivity index (χ0) is 10.4. The fourth-order valence-corrected chi connectivity index (χ4v) is 1.68. The molecule has 5 nitrogen and oxygen atoms in total. The molecule has 5 heteroatoms. The molecule has 0 spiro atoms. The SMILES string of the molecule is N#CCN1CCC(CNC(=O)O)CC1. The normalized spacial score (nSPS) is 18.8. The number of hydrogen-bond donors (Lipinski definition) is 2. The lowest BCUT2D eigenvalue weighted by Crippen LogP contribution is -2.38. The maximum Gasteiger partial charge on any atom is 0.404 e. The molecule has 1 saturated heterocycles. The molecule has 1 aliphatic heterocycles. The number of hydrogen-bond acceptors (Lipinski definition) is 3. The first kappa shape index (κ1) is 10.8. The average molecular weight is 197 g/mol. The number of carboxylic acid groups (broad SMARTS) is 1. The van der Waals surface area contributed by atoms with Crippen LogP contribution in [0, 0.1) is 17.2 Å². The summed E-state index contributed by atoms with van der Waals surface area (Å²) in [6, 6.07) is 2.12. The van der Waals surface area contributed by atoms with Crippen LogP contribution in [-0.4, -0.2) is 42.3 Å². The molecule has 0 saturated carbocycles. The van der Waals surface area contributed by atoms with E-state index in [1.165, 1.54) is 0 Å². The Hall–Kier alpha value is -1.28. The van der Waals surface area contributed by atoms with Crippen LogP contribution in [0.5, 0.6) is 0 Å². The smallest absolute Gasteiger partial charge is 0.404 e. The van der Waals surface area contributed by atoms with E-state index in [1.54, 1.807) is 0 Å². The highest BCUT2D eigenvalue weighted by atomic mass is 16.4. The Kier molecular flexibility index (Phi) is 4.20. The molecule has 0 aromatic heterocycles. The van der Waals surface area contributed by atoms with E-state index in [0.29, 0.717) is 19.0 Å². The summed E-state index contributed by atoms with van der Waals surface area (Å²) < 4.78 is 0. The van der Waals surface area contributed by atoms with E-state index in [2.05, 4.69) is 16.3 Å². The molecule has 0 aromatic carbocycles. The van der Waals surface area contributed by atoms with Gasteiger partial charge in [-0.25, -0.2) is 4.79 Å². The maximum atomic E-state index is 10.2. The van der Waals surface area contributed by atoms with E-state index in [1.807, 2.05) is 0 Å². The Morgan fingerprint density at radius 3 is 2.71 bits per heavy atom. The van der Waals surface area contributed by atoms with Crippen molar-refractivity contribution in [3.63, 3.8) is 0 Å². The number of carbonyl (C=O) groups is 1. The quantitative estimate of drug-likeness (QED) is 0.645. The van der Waals surface area contributed by atoms with E-state index >= 15 is 0 Å². The second-order valence-electron chi connectivity index (χ2n) is 3.56. The number of nitrogens with zero attached hydrogens (tertiary/aromatic N) is 2. The first-order valence-corrected chi connectivity index (χ1v) is 4.78. The average Bonchev–Trinajstić information content (AvgIpc) is 2.17. The van der Waals surface area contributed by atoms with Crippen molar-refractivity contribution in [2.45, 2.75) is 12.8 Å². The van der Waals surface area contributed by atoms with Crippen LogP contribution in [0.25, 0.3) is 0 Å². The highest BCUT2D eigenvalue weighted by Crippen LogP contribution is 2.15. The summed E-state index contributed by atoms with van der Waals surface area (Å²) in [4.78, 5) is 12.3. The highest BCUT2D eigenvalue weighted by molar-refractivity contribution is 5.64. The van der Waals surface area contributed by atoms with Gasteiger partial charge in [0.15, 0.2) is 0 Å². The van der Waals surface area contributed by atoms with E-state index < -0.39 is 6.09 Å². The summed E-state index contributed by atoms with van der Waals surface area (Å²) in [5.41, 5.74) is 0. The molecule has 1 fully saturated rings. The molecule has 2 N–H and O–H groups in total. The summed E-state index contributed by atoms with van der Waals surface area (Å²) in [5, 5.41) is 19.3. The van der Waals surface area contributed by atoms with Gasteiger partial charge in [0.2, 0.25) is 0 Å². The van der Waals surface area contributed by atoms with E-state index in [4.69, 9.17) is 10.4 Å². The molecule has 1 rings (SSSR count). The van der Waals surface area contributed by atoms with E-state index in [-0.39, 0.29) is 0 Å². The number of nitriles is 1. The van der Waals surface area contributed by atoms with Gasteiger partial charge in [0.05, 0.1) is 12.6 Å². The Balaban J connectivity index is 2.16. The summed E-state index contributed by atoms with van der Waals surface area (Å²) in [5.74, 6) is 0.432. The van der Waals surface area contributed by atoms with Crippen molar-refractivity contribution >= 4 is 6.09 Å². The van der Waals surface area contributed by atoms with E-state index in [0.717, 1.165) is 25.9 Å². The molecular weight excluding hydrogens is 182 g/mol. The van der Waals surface area contributed by atoms with Gasteiger partial charge in [-0.1, -0.05) is 0 Å². The lowest BCUT2D eigenvalue weighted by Gasteiger charge is -2.29. The summed E-state index contributed by atoms with van der Waals surface area (Å²) in [6.45, 7) is 2.83. The van der Waals surface area contributed by atoms with Crippen molar-refractivity contribution in [2.24, 2.45) is 5.92 Å². The number of nitrogens with one attached hydrogen (secondary N) is 1. The van der Waals surface area contributed by atoms with Crippen LogP contribution in [0.3, 0.4) is 0 Å². The van der Waals surface area contributed by atoms with Crippen molar-refractivity contribution in [1.82, 2.24) is 10.2 Å². The molecule has 0 aromatic rings. The van der Waals surface area contributed by atoms with Gasteiger partial charge < -0.3 is 10.4 Å². The number of amides is 1. The van der Waals surface area contributed by atoms with Gasteiger partial charge in [-0.05, 0) is 31.8 Å². The third-order valence-electron chi connectivity index (χ3n) is 2.54. The third-order valence-corrected chi connectivity index (χ3v) is 2.54. The summed E-state index contributed by atoms with van der Waals surface area (Å²) in [6.07, 6.45) is 0.994. The van der Waals surface area contributed by atoms with Crippen LogP contribution in [0.2, 0.25) is 0 Å². The molecule has 0 unspecified atom stereocenters. The zero-order valence-corrected chi connectivity index (χ0v) is 8.07. The van der Waals surface area contributed by atoms with Gasteiger partial charge in [-0.15, -0.1) is 0 Å². The van der Waals surface area contributed by atoms with Crippen LogP contribution in [0.15, 0.2) is 0 Å². The molecule has 78 valence electrons. The fraction of sp³-hybridized carbons (Fsp3) is 0.778. The predicted octanol–water partition coefficient (Wildman–Crippen LogP) is 0.490. The highest BCUT2D eigenvalue weighted by Gasteiger charge is 2.18. The minimum absolute atomic E-state index is 0.432. The topological polar surface area (TPSA) is 76.4 Å². The number of likely N-dealkylation sites (tertiary alicyclic amines) is 1. The lowest BCUT2D eigenvalue weighted by molar-refractivity contribution is 0.178. The molecule has 0 aliphatic carbocycles. The number of rotatable bonds is 3. The van der Waals surface area contributed by atoms with Gasteiger partial charge in [-0.2, -0.15) is 5.26 Å².